The lowest BCUT2D eigenvalue weighted by atomic mass is 10.0. The molecule has 0 heterocycles. The van der Waals surface area contributed by atoms with Crippen molar-refractivity contribution in [2.75, 3.05) is 12.3 Å². The first-order valence-corrected chi connectivity index (χ1v) is 7.02. The first-order chi connectivity index (χ1) is 8.02. The molecule has 0 aromatic rings. The van der Waals surface area contributed by atoms with E-state index in [2.05, 4.69) is 10.6 Å². The van der Waals surface area contributed by atoms with Crippen molar-refractivity contribution in [3.8, 4) is 0 Å². The van der Waals surface area contributed by atoms with E-state index in [-0.39, 0.29) is 25.1 Å². The number of carboxylic acid groups (broad SMARTS) is 1. The zero-order valence-corrected chi connectivity index (χ0v) is 11.2. The first kappa shape index (κ1) is 16.6. The quantitative estimate of drug-likeness (QED) is 0.453. The Morgan fingerprint density at radius 3 is 2.33 bits per heavy atom. The van der Waals surface area contributed by atoms with Crippen molar-refractivity contribution in [3.63, 3.8) is 0 Å². The fraction of sp³-hybridized carbons (Fsp3) is 0.778. The Hall–Kier alpha value is -1.35. The molecular weight excluding hydrogens is 262 g/mol. The average molecular weight is 281 g/mol. The molecule has 0 spiro atoms. The van der Waals surface area contributed by atoms with Crippen LogP contribution in [0.4, 0.5) is 4.79 Å². The molecule has 0 saturated heterocycles. The number of sulfonamides is 1. The van der Waals surface area contributed by atoms with E-state index in [0.717, 1.165) is 0 Å². The van der Waals surface area contributed by atoms with E-state index in [1.807, 2.05) is 0 Å². The summed E-state index contributed by atoms with van der Waals surface area (Å²) in [5.74, 6) is -1.24. The van der Waals surface area contributed by atoms with Crippen LogP contribution in [-0.4, -0.2) is 43.4 Å². The van der Waals surface area contributed by atoms with Crippen LogP contribution in [0.5, 0.6) is 0 Å². The lowest BCUT2D eigenvalue weighted by Gasteiger charge is -2.24. The number of carbonyl (C=O) groups is 2. The number of rotatable bonds is 7. The average Bonchev–Trinajstić information content (AvgIpc) is 2.07. The van der Waals surface area contributed by atoms with E-state index in [9.17, 15) is 18.0 Å². The number of nitrogens with two attached hydrogens (primary N) is 1. The SMILES string of the molecule is CC(C)(CC(=O)O)NC(=O)NCCCS(N)(=O)=O. The van der Waals surface area contributed by atoms with Gasteiger partial charge in [0.25, 0.3) is 0 Å². The molecule has 0 aromatic heterocycles. The fourth-order valence-corrected chi connectivity index (χ4v) is 1.80. The van der Waals surface area contributed by atoms with Crippen molar-refractivity contribution in [3.05, 3.63) is 0 Å². The first-order valence-electron chi connectivity index (χ1n) is 5.30. The van der Waals surface area contributed by atoms with Gasteiger partial charge in [0.15, 0.2) is 0 Å². The van der Waals surface area contributed by atoms with Crippen molar-refractivity contribution in [1.29, 1.82) is 0 Å². The van der Waals surface area contributed by atoms with Gasteiger partial charge in [-0.25, -0.2) is 18.4 Å². The largest absolute Gasteiger partial charge is 0.481 e. The second-order valence-corrected chi connectivity index (χ2v) is 6.29. The molecule has 0 fully saturated rings. The van der Waals surface area contributed by atoms with Crippen LogP contribution in [0, 0.1) is 0 Å². The molecular formula is C9H19N3O5S. The second kappa shape index (κ2) is 6.55. The third-order valence-corrected chi connectivity index (χ3v) is 2.79. The molecule has 0 aliphatic heterocycles. The number of hydrogen-bond acceptors (Lipinski definition) is 4. The van der Waals surface area contributed by atoms with Crippen LogP contribution in [0.25, 0.3) is 0 Å². The van der Waals surface area contributed by atoms with Crippen molar-refractivity contribution in [1.82, 2.24) is 10.6 Å². The van der Waals surface area contributed by atoms with Crippen LogP contribution >= 0.6 is 0 Å². The summed E-state index contributed by atoms with van der Waals surface area (Å²) >= 11 is 0. The molecule has 0 unspecified atom stereocenters. The maximum absolute atomic E-state index is 11.4. The smallest absolute Gasteiger partial charge is 0.315 e. The van der Waals surface area contributed by atoms with Gasteiger partial charge in [0, 0.05) is 12.1 Å². The Labute approximate surface area is 106 Å². The molecule has 0 radical (unpaired) electrons. The Morgan fingerprint density at radius 2 is 1.89 bits per heavy atom. The minimum absolute atomic E-state index is 0.144. The van der Waals surface area contributed by atoms with Gasteiger partial charge in [0.2, 0.25) is 10.0 Å². The fourth-order valence-electron chi connectivity index (χ4n) is 1.25. The molecule has 0 aromatic carbocycles. The summed E-state index contributed by atoms with van der Waals surface area (Å²) < 4.78 is 21.2. The summed E-state index contributed by atoms with van der Waals surface area (Å²) in [5, 5.41) is 18.3. The summed E-state index contributed by atoms with van der Waals surface area (Å²) in [7, 11) is -3.52. The van der Waals surface area contributed by atoms with E-state index in [1.54, 1.807) is 13.8 Å². The Bertz CT molecular complexity index is 404. The van der Waals surface area contributed by atoms with Gasteiger partial charge in [-0.3, -0.25) is 4.79 Å². The van der Waals surface area contributed by atoms with Crippen LogP contribution in [0.2, 0.25) is 0 Å². The molecule has 0 saturated carbocycles. The number of aliphatic carboxylic acids is 1. The Morgan fingerprint density at radius 1 is 1.33 bits per heavy atom. The highest BCUT2D eigenvalue weighted by Crippen LogP contribution is 2.07. The molecule has 0 bridgehead atoms. The van der Waals surface area contributed by atoms with E-state index < -0.39 is 27.6 Å². The standard InChI is InChI=1S/C9H19N3O5S/c1-9(2,6-7(13)14)12-8(15)11-4-3-5-18(10,16)17/h3-6H2,1-2H3,(H,13,14)(H2,10,16,17)(H2,11,12,15). The van der Waals surface area contributed by atoms with Gasteiger partial charge < -0.3 is 15.7 Å². The number of amides is 2. The third kappa shape index (κ3) is 9.85. The van der Waals surface area contributed by atoms with Gasteiger partial charge in [-0.05, 0) is 20.3 Å². The number of primary sulfonamides is 1. The predicted molar refractivity (Wildman–Crippen MR) is 65.5 cm³/mol. The molecule has 9 heteroatoms. The summed E-state index contributed by atoms with van der Waals surface area (Å²) in [6.07, 6.45) is -0.0107. The Balaban J connectivity index is 3.94. The highest BCUT2D eigenvalue weighted by atomic mass is 32.2. The van der Waals surface area contributed by atoms with Gasteiger partial charge in [0.1, 0.15) is 0 Å². The maximum Gasteiger partial charge on any atom is 0.315 e. The molecule has 0 atom stereocenters. The van der Waals surface area contributed by atoms with Gasteiger partial charge in [-0.2, -0.15) is 0 Å². The van der Waals surface area contributed by atoms with Crippen LogP contribution < -0.4 is 15.8 Å². The molecule has 18 heavy (non-hydrogen) atoms. The minimum Gasteiger partial charge on any atom is -0.481 e. The van der Waals surface area contributed by atoms with Crippen molar-refractivity contribution in [2.24, 2.45) is 5.14 Å². The summed E-state index contributed by atoms with van der Waals surface area (Å²) in [4.78, 5) is 21.9. The highest BCUT2D eigenvalue weighted by molar-refractivity contribution is 7.89. The lowest BCUT2D eigenvalue weighted by molar-refractivity contribution is -0.138. The van der Waals surface area contributed by atoms with Gasteiger partial charge >= 0.3 is 12.0 Å². The number of urea groups is 1. The highest BCUT2D eigenvalue weighted by Gasteiger charge is 2.23. The van der Waals surface area contributed by atoms with E-state index in [1.165, 1.54) is 0 Å². The molecule has 0 aliphatic carbocycles. The van der Waals surface area contributed by atoms with Crippen LogP contribution in [0.1, 0.15) is 26.7 Å². The predicted octanol–water partition coefficient (Wildman–Crippen LogP) is -0.782. The topological polar surface area (TPSA) is 139 Å². The summed E-state index contributed by atoms with van der Waals surface area (Å²) in [5.41, 5.74) is -0.879. The lowest BCUT2D eigenvalue weighted by Crippen LogP contribution is -2.49. The summed E-state index contributed by atoms with van der Waals surface area (Å²) in [6, 6.07) is -0.546. The molecule has 0 aliphatic rings. The molecule has 8 nitrogen and oxygen atoms in total. The number of carbonyl (C=O) groups excluding carboxylic acids is 1. The summed E-state index contributed by atoms with van der Waals surface area (Å²) in [6.45, 7) is 3.29. The van der Waals surface area contributed by atoms with Gasteiger partial charge in [-0.1, -0.05) is 0 Å². The van der Waals surface area contributed by atoms with Crippen LogP contribution in [-0.2, 0) is 14.8 Å². The molecule has 5 N–H and O–H groups in total. The maximum atomic E-state index is 11.4. The number of hydrogen-bond donors (Lipinski definition) is 4. The molecule has 0 rings (SSSR count). The zero-order chi connectivity index (χ0) is 14.4. The van der Waals surface area contributed by atoms with Crippen LogP contribution in [0.3, 0.4) is 0 Å². The van der Waals surface area contributed by atoms with E-state index in [0.29, 0.717) is 0 Å². The zero-order valence-electron chi connectivity index (χ0n) is 10.4. The van der Waals surface area contributed by atoms with E-state index in [4.69, 9.17) is 10.2 Å². The minimum atomic E-state index is -3.52. The Kier molecular flexibility index (Phi) is 6.06. The van der Waals surface area contributed by atoms with Crippen molar-refractivity contribution >= 4 is 22.0 Å². The van der Waals surface area contributed by atoms with Crippen LogP contribution in [0.15, 0.2) is 0 Å². The molecule has 106 valence electrons. The number of nitrogens with one attached hydrogen (secondary N) is 2. The normalized spacial score (nSPS) is 11.9. The van der Waals surface area contributed by atoms with Gasteiger partial charge in [0.05, 0.1) is 12.2 Å². The third-order valence-electron chi connectivity index (χ3n) is 1.94. The van der Waals surface area contributed by atoms with Crippen molar-refractivity contribution in [2.45, 2.75) is 32.2 Å². The second-order valence-electron chi connectivity index (χ2n) is 4.56. The van der Waals surface area contributed by atoms with E-state index >= 15 is 0 Å². The van der Waals surface area contributed by atoms with Crippen molar-refractivity contribution < 1.29 is 23.1 Å². The monoisotopic (exact) mass is 281 g/mol. The van der Waals surface area contributed by atoms with Gasteiger partial charge in [-0.15, -0.1) is 0 Å². The number of carboxylic acids is 1. The molecule has 2 amide bonds.